The topological polar surface area (TPSA) is 20.3 Å². The van der Waals surface area contributed by atoms with Crippen LogP contribution in [0.5, 0.6) is 0 Å². The molecular weight excluding hydrogens is 263 g/mol. The van der Waals surface area contributed by atoms with Gasteiger partial charge in [0.05, 0.1) is 6.54 Å². The van der Waals surface area contributed by atoms with Crippen LogP contribution in [0.1, 0.15) is 0 Å². The van der Waals surface area contributed by atoms with Gasteiger partial charge in [-0.15, -0.1) is 6.58 Å². The van der Waals surface area contributed by atoms with Gasteiger partial charge in [0, 0.05) is 11.0 Å². The fourth-order valence-corrected chi connectivity index (χ4v) is 1.06. The van der Waals surface area contributed by atoms with Crippen LogP contribution in [0.4, 0.5) is 13.2 Å². The van der Waals surface area contributed by atoms with Gasteiger partial charge in [-0.1, -0.05) is 28.6 Å². The monoisotopic (exact) mass is 271 g/mol. The van der Waals surface area contributed by atoms with Crippen molar-refractivity contribution in [3.05, 3.63) is 23.7 Å². The van der Waals surface area contributed by atoms with Gasteiger partial charge in [0.2, 0.25) is 0 Å². The molecule has 0 bridgehead atoms. The van der Waals surface area contributed by atoms with Gasteiger partial charge in [-0.2, -0.15) is 13.2 Å². The molecule has 0 unspecified atom stereocenters. The second kappa shape index (κ2) is 5.19. The summed E-state index contributed by atoms with van der Waals surface area (Å²) in [5.41, 5.74) is 0. The minimum Gasteiger partial charge on any atom is -0.326 e. The van der Waals surface area contributed by atoms with Gasteiger partial charge in [0.1, 0.15) is 0 Å². The van der Waals surface area contributed by atoms with E-state index in [1.165, 1.54) is 6.08 Å². The van der Waals surface area contributed by atoms with Gasteiger partial charge in [-0.3, -0.25) is 4.79 Å². The fourth-order valence-electron chi connectivity index (χ4n) is 0.761. The van der Waals surface area contributed by atoms with E-state index >= 15 is 0 Å². The van der Waals surface area contributed by atoms with Crippen LogP contribution in [0.3, 0.4) is 0 Å². The number of carbonyl (C=O) groups excluding carboxylic acids is 1. The summed E-state index contributed by atoms with van der Waals surface area (Å²) in [5.74, 6) is -1.89. The number of hydrogen-bond donors (Lipinski definition) is 0. The summed E-state index contributed by atoms with van der Waals surface area (Å²) < 4.78 is 36.3. The molecule has 0 aromatic heterocycles. The molecule has 0 rings (SSSR count). The van der Waals surface area contributed by atoms with Crippen molar-refractivity contribution in [2.45, 2.75) is 6.18 Å². The Morgan fingerprint density at radius 3 is 2.29 bits per heavy atom. The summed E-state index contributed by atoms with van der Waals surface area (Å²) in [4.78, 5) is 11.4. The number of halogens is 4. The first-order valence-electron chi connectivity index (χ1n) is 3.59. The van der Waals surface area contributed by atoms with Gasteiger partial charge >= 0.3 is 12.1 Å². The number of carbonyl (C=O) groups is 1. The van der Waals surface area contributed by atoms with E-state index < -0.39 is 12.1 Å². The smallest absolute Gasteiger partial charge is 0.326 e. The van der Waals surface area contributed by atoms with E-state index in [9.17, 15) is 18.0 Å². The zero-order valence-electron chi connectivity index (χ0n) is 7.27. The molecule has 6 heteroatoms. The quantitative estimate of drug-likeness (QED) is 0.720. The normalized spacial score (nSPS) is 10.9. The predicted molar refractivity (Wildman–Crippen MR) is 50.9 cm³/mol. The van der Waals surface area contributed by atoms with E-state index in [4.69, 9.17) is 0 Å². The van der Waals surface area contributed by atoms with Crippen molar-refractivity contribution in [3.63, 3.8) is 0 Å². The summed E-state index contributed by atoms with van der Waals surface area (Å²) in [7, 11) is 0. The molecule has 0 aliphatic carbocycles. The lowest BCUT2D eigenvalue weighted by Crippen LogP contribution is -2.41. The van der Waals surface area contributed by atoms with E-state index in [-0.39, 0.29) is 13.1 Å². The average Bonchev–Trinajstić information content (AvgIpc) is 2.00. The van der Waals surface area contributed by atoms with E-state index in [0.717, 1.165) is 0 Å². The van der Waals surface area contributed by atoms with Crippen LogP contribution in [0.25, 0.3) is 0 Å². The van der Waals surface area contributed by atoms with Crippen LogP contribution in [-0.4, -0.2) is 30.1 Å². The van der Waals surface area contributed by atoms with Crippen molar-refractivity contribution in [1.82, 2.24) is 4.90 Å². The molecule has 0 atom stereocenters. The van der Waals surface area contributed by atoms with Crippen LogP contribution in [0.2, 0.25) is 0 Å². The lowest BCUT2D eigenvalue weighted by molar-refractivity contribution is -0.184. The van der Waals surface area contributed by atoms with Crippen LogP contribution in [-0.2, 0) is 4.79 Å². The summed E-state index contributed by atoms with van der Waals surface area (Å²) in [6.07, 6.45) is -3.63. The van der Waals surface area contributed by atoms with Gasteiger partial charge in [-0.05, 0) is 0 Å². The minimum absolute atomic E-state index is 0.164. The first kappa shape index (κ1) is 13.2. The molecule has 0 radical (unpaired) electrons. The Bertz CT molecular complexity index is 249. The van der Waals surface area contributed by atoms with Crippen LogP contribution < -0.4 is 0 Å². The van der Waals surface area contributed by atoms with Crippen molar-refractivity contribution in [2.75, 3.05) is 13.1 Å². The molecule has 0 spiro atoms. The van der Waals surface area contributed by atoms with Crippen molar-refractivity contribution in [3.8, 4) is 0 Å². The molecule has 0 aromatic carbocycles. The standard InChI is InChI=1S/C8H9BrF3NO/c1-3-4-13(5-6(2)9)7(14)8(10,11)12/h3H,1-2,4-5H2. The summed E-state index contributed by atoms with van der Waals surface area (Å²) in [6, 6.07) is 0. The maximum atomic E-state index is 12.0. The summed E-state index contributed by atoms with van der Waals surface area (Å²) in [5, 5.41) is 0. The molecular formula is C8H9BrF3NO. The van der Waals surface area contributed by atoms with Crippen LogP contribution in [0.15, 0.2) is 23.7 Å². The molecule has 0 heterocycles. The largest absolute Gasteiger partial charge is 0.471 e. The van der Waals surface area contributed by atoms with Crippen LogP contribution >= 0.6 is 15.9 Å². The third-order valence-electron chi connectivity index (χ3n) is 1.24. The second-order valence-corrected chi connectivity index (χ2v) is 3.61. The molecule has 0 aliphatic heterocycles. The van der Waals surface area contributed by atoms with Crippen molar-refractivity contribution >= 4 is 21.8 Å². The summed E-state index contributed by atoms with van der Waals surface area (Å²) in [6.45, 7) is 6.27. The van der Waals surface area contributed by atoms with E-state index in [1.807, 2.05) is 0 Å². The van der Waals surface area contributed by atoms with Crippen molar-refractivity contribution < 1.29 is 18.0 Å². The highest BCUT2D eigenvalue weighted by Crippen LogP contribution is 2.19. The Balaban J connectivity index is 4.56. The molecule has 0 saturated heterocycles. The first-order chi connectivity index (χ1) is 6.29. The molecule has 0 fully saturated rings. The minimum atomic E-state index is -4.86. The highest BCUT2D eigenvalue weighted by atomic mass is 79.9. The highest BCUT2D eigenvalue weighted by molar-refractivity contribution is 9.11. The second-order valence-electron chi connectivity index (χ2n) is 2.49. The Hall–Kier alpha value is -0.780. The van der Waals surface area contributed by atoms with Crippen molar-refractivity contribution in [1.29, 1.82) is 0 Å². The molecule has 0 aliphatic rings. The summed E-state index contributed by atoms with van der Waals surface area (Å²) >= 11 is 2.89. The van der Waals surface area contributed by atoms with Gasteiger partial charge in [-0.25, -0.2) is 0 Å². The molecule has 80 valence electrons. The van der Waals surface area contributed by atoms with E-state index in [1.54, 1.807) is 0 Å². The third kappa shape index (κ3) is 4.45. The number of alkyl halides is 3. The zero-order valence-corrected chi connectivity index (χ0v) is 8.86. The Morgan fingerprint density at radius 1 is 1.50 bits per heavy atom. The zero-order chi connectivity index (χ0) is 11.4. The van der Waals surface area contributed by atoms with Crippen LogP contribution in [0, 0.1) is 0 Å². The molecule has 0 aromatic rings. The average molecular weight is 272 g/mol. The van der Waals surface area contributed by atoms with Gasteiger partial charge in [0.25, 0.3) is 0 Å². The number of rotatable bonds is 4. The van der Waals surface area contributed by atoms with E-state index in [2.05, 4.69) is 29.1 Å². The maximum absolute atomic E-state index is 12.0. The Labute approximate surface area is 88.2 Å². The molecule has 2 nitrogen and oxygen atoms in total. The molecule has 14 heavy (non-hydrogen) atoms. The number of amides is 1. The predicted octanol–water partition coefficient (Wildman–Crippen LogP) is 2.47. The SMILES string of the molecule is C=CCN(CC(=C)Br)C(=O)C(F)(F)F. The molecule has 1 amide bonds. The Kier molecular flexibility index (Phi) is 4.90. The van der Waals surface area contributed by atoms with Gasteiger partial charge < -0.3 is 4.90 Å². The number of nitrogens with zero attached hydrogens (tertiary/aromatic N) is 1. The maximum Gasteiger partial charge on any atom is 0.471 e. The molecule has 0 N–H and O–H groups in total. The first-order valence-corrected chi connectivity index (χ1v) is 4.38. The number of hydrogen-bond acceptors (Lipinski definition) is 1. The highest BCUT2D eigenvalue weighted by Gasteiger charge is 2.42. The fraction of sp³-hybridized carbons (Fsp3) is 0.375. The van der Waals surface area contributed by atoms with E-state index in [0.29, 0.717) is 9.38 Å². The lowest BCUT2D eigenvalue weighted by Gasteiger charge is -2.21. The third-order valence-corrected chi connectivity index (χ3v) is 1.49. The lowest BCUT2D eigenvalue weighted by atomic mass is 10.4. The Morgan fingerprint density at radius 2 is 2.00 bits per heavy atom. The van der Waals surface area contributed by atoms with Gasteiger partial charge in [0.15, 0.2) is 0 Å². The van der Waals surface area contributed by atoms with Crippen molar-refractivity contribution in [2.24, 2.45) is 0 Å². The molecule has 0 saturated carbocycles.